The van der Waals surface area contributed by atoms with Gasteiger partial charge in [-0.2, -0.15) is 10.1 Å². The third kappa shape index (κ3) is 3.92. The van der Waals surface area contributed by atoms with Crippen LogP contribution in [0.4, 0.5) is 5.82 Å². The number of nitrogens with zero attached hydrogens (tertiary/aromatic N) is 4. The lowest BCUT2D eigenvalue weighted by molar-refractivity contribution is 0.165. The van der Waals surface area contributed by atoms with Crippen LogP contribution in [-0.2, 0) is 6.54 Å². The third-order valence-corrected chi connectivity index (χ3v) is 4.22. The van der Waals surface area contributed by atoms with Crippen LogP contribution in [0.25, 0.3) is 0 Å². The Morgan fingerprint density at radius 3 is 2.96 bits per heavy atom. The number of aliphatic hydroxyl groups is 1. The molecule has 2 aromatic heterocycles. The van der Waals surface area contributed by atoms with Crippen molar-refractivity contribution in [2.45, 2.75) is 38.5 Å². The summed E-state index contributed by atoms with van der Waals surface area (Å²) in [6, 6.07) is 2.11. The van der Waals surface area contributed by atoms with Gasteiger partial charge < -0.3 is 15.2 Å². The highest BCUT2D eigenvalue weighted by atomic mass is 35.5. The van der Waals surface area contributed by atoms with Crippen LogP contribution < -0.4 is 10.1 Å². The number of aromatic nitrogens is 4. The van der Waals surface area contributed by atoms with Crippen LogP contribution in [0.3, 0.4) is 0 Å². The van der Waals surface area contributed by atoms with E-state index in [0.29, 0.717) is 22.8 Å². The minimum Gasteiger partial charge on any atom is -0.467 e. The minimum atomic E-state index is -0.424. The molecule has 1 aliphatic carbocycles. The second-order valence-electron chi connectivity index (χ2n) is 5.92. The normalized spacial score (nSPS) is 23.9. The molecule has 0 amide bonds. The molecule has 1 unspecified atom stereocenters. The number of rotatable bonds is 5. The molecule has 0 radical (unpaired) electrons. The van der Waals surface area contributed by atoms with Crippen molar-refractivity contribution < 1.29 is 9.84 Å². The largest absolute Gasteiger partial charge is 0.467 e. The first-order chi connectivity index (χ1) is 11.0. The maximum atomic E-state index is 10.3. The van der Waals surface area contributed by atoms with Crippen LogP contribution in [0.15, 0.2) is 18.5 Å². The summed E-state index contributed by atoms with van der Waals surface area (Å²) in [6.45, 7) is 2.62. The zero-order chi connectivity index (χ0) is 16.4. The Balaban J connectivity index is 1.63. The summed E-state index contributed by atoms with van der Waals surface area (Å²) in [5.41, 5.74) is 0.814. The SMILES string of the molecule is COc1nc(C)cc(N[C@@H]2CC(Cn3cc(Cl)cn3)C[C@H]2O)n1. The molecule has 2 heterocycles. The molecule has 23 heavy (non-hydrogen) atoms. The number of nitrogens with one attached hydrogen (secondary N) is 1. The van der Waals surface area contributed by atoms with E-state index in [9.17, 15) is 5.11 Å². The average Bonchev–Trinajstić information content (AvgIpc) is 3.05. The van der Waals surface area contributed by atoms with Gasteiger partial charge in [-0.05, 0) is 25.7 Å². The smallest absolute Gasteiger partial charge is 0.318 e. The van der Waals surface area contributed by atoms with Gasteiger partial charge in [-0.3, -0.25) is 4.68 Å². The molecule has 124 valence electrons. The van der Waals surface area contributed by atoms with Crippen molar-refractivity contribution in [2.75, 3.05) is 12.4 Å². The van der Waals surface area contributed by atoms with Crippen LogP contribution in [0, 0.1) is 12.8 Å². The van der Waals surface area contributed by atoms with Crippen molar-refractivity contribution >= 4 is 17.4 Å². The van der Waals surface area contributed by atoms with Crippen LogP contribution in [0.2, 0.25) is 5.02 Å². The number of ether oxygens (including phenoxy) is 1. The van der Waals surface area contributed by atoms with Crippen molar-refractivity contribution in [3.63, 3.8) is 0 Å². The molecule has 3 rings (SSSR count). The lowest BCUT2D eigenvalue weighted by atomic mass is 10.1. The molecule has 8 heteroatoms. The molecule has 1 fully saturated rings. The first kappa shape index (κ1) is 16.0. The quantitative estimate of drug-likeness (QED) is 0.866. The Hall–Kier alpha value is -1.86. The van der Waals surface area contributed by atoms with Crippen LogP contribution in [0.1, 0.15) is 18.5 Å². The summed E-state index contributed by atoms with van der Waals surface area (Å²) in [5.74, 6) is 1.00. The van der Waals surface area contributed by atoms with E-state index in [2.05, 4.69) is 20.4 Å². The predicted molar refractivity (Wildman–Crippen MR) is 86.7 cm³/mol. The Morgan fingerprint density at radius 2 is 2.26 bits per heavy atom. The van der Waals surface area contributed by atoms with Crippen molar-refractivity contribution in [3.05, 3.63) is 29.2 Å². The molecule has 0 saturated heterocycles. The Labute approximate surface area is 139 Å². The molecular formula is C15H20ClN5O2. The molecule has 1 aliphatic rings. The van der Waals surface area contributed by atoms with Gasteiger partial charge in [-0.15, -0.1) is 0 Å². The van der Waals surface area contributed by atoms with E-state index < -0.39 is 6.10 Å². The fraction of sp³-hybridized carbons (Fsp3) is 0.533. The van der Waals surface area contributed by atoms with Gasteiger partial charge >= 0.3 is 6.01 Å². The van der Waals surface area contributed by atoms with Gasteiger partial charge in [-0.1, -0.05) is 11.6 Å². The topological polar surface area (TPSA) is 85.1 Å². The first-order valence-electron chi connectivity index (χ1n) is 7.55. The second kappa shape index (κ2) is 6.72. The van der Waals surface area contributed by atoms with Crippen LogP contribution in [-0.4, -0.2) is 44.1 Å². The highest BCUT2D eigenvalue weighted by molar-refractivity contribution is 6.30. The van der Waals surface area contributed by atoms with Crippen molar-refractivity contribution in [1.29, 1.82) is 0 Å². The van der Waals surface area contributed by atoms with E-state index in [4.69, 9.17) is 16.3 Å². The molecule has 1 saturated carbocycles. The molecule has 0 aromatic carbocycles. The number of methoxy groups -OCH3 is 1. The fourth-order valence-corrected chi connectivity index (χ4v) is 3.18. The molecular weight excluding hydrogens is 318 g/mol. The van der Waals surface area contributed by atoms with Gasteiger partial charge in [0.2, 0.25) is 0 Å². The van der Waals surface area contributed by atoms with Gasteiger partial charge in [-0.25, -0.2) is 4.98 Å². The highest BCUT2D eigenvalue weighted by Gasteiger charge is 2.33. The van der Waals surface area contributed by atoms with E-state index in [0.717, 1.165) is 25.1 Å². The number of halogens is 1. The van der Waals surface area contributed by atoms with E-state index in [1.54, 1.807) is 12.4 Å². The Morgan fingerprint density at radius 1 is 1.43 bits per heavy atom. The molecule has 3 atom stereocenters. The van der Waals surface area contributed by atoms with Gasteiger partial charge in [0.1, 0.15) is 5.82 Å². The number of aryl methyl sites for hydroxylation is 1. The third-order valence-electron chi connectivity index (χ3n) is 4.02. The summed E-state index contributed by atoms with van der Waals surface area (Å²) in [5, 5.41) is 18.4. The monoisotopic (exact) mass is 337 g/mol. The zero-order valence-corrected chi connectivity index (χ0v) is 13.9. The minimum absolute atomic E-state index is 0.0509. The average molecular weight is 338 g/mol. The standard InChI is InChI=1S/C15H20ClN5O2/c1-9-3-14(20-15(18-9)23-2)19-12-4-10(5-13(12)22)7-21-8-11(16)6-17-21/h3,6,8,10,12-13,22H,4-5,7H2,1-2H3,(H,18,19,20)/t10?,12-,13-/m1/s1. The fourth-order valence-electron chi connectivity index (χ4n) is 3.02. The summed E-state index contributed by atoms with van der Waals surface area (Å²) in [6.07, 6.45) is 4.55. The van der Waals surface area contributed by atoms with Crippen LogP contribution >= 0.6 is 11.6 Å². The molecule has 0 spiro atoms. The van der Waals surface area contributed by atoms with Gasteiger partial charge in [0.25, 0.3) is 0 Å². The number of aliphatic hydroxyl groups excluding tert-OH is 1. The van der Waals surface area contributed by atoms with E-state index in [1.165, 1.54) is 7.11 Å². The predicted octanol–water partition coefficient (Wildman–Crippen LogP) is 1.90. The Bertz CT molecular complexity index is 678. The number of anilines is 1. The highest BCUT2D eigenvalue weighted by Crippen LogP contribution is 2.30. The molecule has 2 aromatic rings. The Kier molecular flexibility index (Phi) is 4.68. The van der Waals surface area contributed by atoms with E-state index >= 15 is 0 Å². The summed E-state index contributed by atoms with van der Waals surface area (Å²) in [4.78, 5) is 8.43. The van der Waals surface area contributed by atoms with E-state index in [1.807, 2.05) is 17.7 Å². The lowest BCUT2D eigenvalue weighted by Gasteiger charge is -2.17. The maximum absolute atomic E-state index is 10.3. The maximum Gasteiger partial charge on any atom is 0.318 e. The summed E-state index contributed by atoms with van der Waals surface area (Å²) >= 11 is 5.88. The van der Waals surface area contributed by atoms with Gasteiger partial charge in [0.05, 0.1) is 30.5 Å². The zero-order valence-electron chi connectivity index (χ0n) is 13.1. The first-order valence-corrected chi connectivity index (χ1v) is 7.93. The van der Waals surface area contributed by atoms with Crippen molar-refractivity contribution in [1.82, 2.24) is 19.7 Å². The van der Waals surface area contributed by atoms with Crippen molar-refractivity contribution in [3.8, 4) is 6.01 Å². The van der Waals surface area contributed by atoms with Gasteiger partial charge in [0.15, 0.2) is 0 Å². The number of hydrogen-bond donors (Lipinski definition) is 2. The molecule has 2 N–H and O–H groups in total. The van der Waals surface area contributed by atoms with Gasteiger partial charge in [0, 0.05) is 24.5 Å². The summed E-state index contributed by atoms with van der Waals surface area (Å²) in [7, 11) is 1.54. The van der Waals surface area contributed by atoms with E-state index in [-0.39, 0.29) is 6.04 Å². The van der Waals surface area contributed by atoms with Crippen molar-refractivity contribution in [2.24, 2.45) is 5.92 Å². The second-order valence-corrected chi connectivity index (χ2v) is 6.35. The molecule has 7 nitrogen and oxygen atoms in total. The van der Waals surface area contributed by atoms with Crippen LogP contribution in [0.5, 0.6) is 6.01 Å². The molecule has 0 bridgehead atoms. The molecule has 0 aliphatic heterocycles. The number of hydrogen-bond acceptors (Lipinski definition) is 6. The summed E-state index contributed by atoms with van der Waals surface area (Å²) < 4.78 is 6.90. The lowest BCUT2D eigenvalue weighted by Crippen LogP contribution is -2.28.